The van der Waals surface area contributed by atoms with Crippen molar-refractivity contribution in [2.45, 2.75) is 13.5 Å². The van der Waals surface area contributed by atoms with Crippen LogP contribution in [-0.4, -0.2) is 16.0 Å². The molecule has 1 aromatic carbocycles. The zero-order chi connectivity index (χ0) is 13.1. The summed E-state index contributed by atoms with van der Waals surface area (Å²) in [5, 5.41) is 6.30. The van der Waals surface area contributed by atoms with E-state index in [0.29, 0.717) is 17.1 Å². The number of nitrogens with two attached hydrogens (primary N) is 1. The summed E-state index contributed by atoms with van der Waals surface area (Å²) in [7, 11) is 0. The number of nitrogens with one attached hydrogen (secondary N) is 1. The minimum absolute atomic E-state index is 0.210. The second kappa shape index (κ2) is 5.18. The topological polar surface area (TPSA) is 94.0 Å². The molecular formula is C11H11BrN4O2. The van der Waals surface area contributed by atoms with Gasteiger partial charge in [-0.3, -0.25) is 4.79 Å². The van der Waals surface area contributed by atoms with E-state index in [2.05, 4.69) is 35.9 Å². The van der Waals surface area contributed by atoms with Crippen molar-refractivity contribution in [2.75, 3.05) is 5.73 Å². The Morgan fingerprint density at radius 2 is 2.33 bits per heavy atom. The number of hydrogen-bond acceptors (Lipinski definition) is 5. The molecule has 1 heterocycles. The number of hydrogen-bond donors (Lipinski definition) is 2. The Bertz CT molecular complexity index is 569. The second-order valence-electron chi connectivity index (χ2n) is 3.70. The van der Waals surface area contributed by atoms with Crippen LogP contribution < -0.4 is 11.1 Å². The van der Waals surface area contributed by atoms with E-state index in [1.54, 1.807) is 19.1 Å². The monoisotopic (exact) mass is 310 g/mol. The average molecular weight is 311 g/mol. The number of carbonyl (C=O) groups excluding carboxylic acids is 1. The van der Waals surface area contributed by atoms with Gasteiger partial charge in [-0.05, 0) is 24.6 Å². The van der Waals surface area contributed by atoms with Crippen molar-refractivity contribution in [3.63, 3.8) is 0 Å². The first-order valence-corrected chi connectivity index (χ1v) is 5.96. The fraction of sp³-hybridized carbons (Fsp3) is 0.182. The van der Waals surface area contributed by atoms with Crippen LogP contribution in [0.1, 0.15) is 21.7 Å². The summed E-state index contributed by atoms with van der Waals surface area (Å²) in [5.41, 5.74) is 7.62. The molecule has 0 radical (unpaired) electrons. The number of anilines is 1. The largest absolute Gasteiger partial charge is 0.398 e. The quantitative estimate of drug-likeness (QED) is 0.841. The van der Waals surface area contributed by atoms with Crippen LogP contribution in [0.4, 0.5) is 5.69 Å². The molecule has 0 bridgehead atoms. The zero-order valence-corrected chi connectivity index (χ0v) is 11.2. The maximum atomic E-state index is 12.0. The first-order valence-electron chi connectivity index (χ1n) is 5.17. The molecule has 2 rings (SSSR count). The van der Waals surface area contributed by atoms with Crippen LogP contribution in [0.15, 0.2) is 27.5 Å². The molecule has 0 aliphatic rings. The van der Waals surface area contributed by atoms with Crippen molar-refractivity contribution >= 4 is 27.5 Å². The van der Waals surface area contributed by atoms with Gasteiger partial charge < -0.3 is 15.6 Å². The molecule has 0 aliphatic carbocycles. The number of nitrogens with zero attached hydrogens (tertiary/aromatic N) is 2. The van der Waals surface area contributed by atoms with Gasteiger partial charge in [0.15, 0.2) is 5.82 Å². The Labute approximate surface area is 112 Å². The van der Waals surface area contributed by atoms with Crippen LogP contribution in [0, 0.1) is 6.92 Å². The molecule has 7 heteroatoms. The maximum Gasteiger partial charge on any atom is 0.252 e. The number of halogens is 1. The number of rotatable bonds is 3. The van der Waals surface area contributed by atoms with Gasteiger partial charge in [0.05, 0.1) is 6.54 Å². The van der Waals surface area contributed by atoms with Gasteiger partial charge in [0.25, 0.3) is 5.91 Å². The number of carbonyl (C=O) groups is 1. The van der Waals surface area contributed by atoms with Crippen molar-refractivity contribution < 1.29 is 9.32 Å². The highest BCUT2D eigenvalue weighted by molar-refractivity contribution is 9.10. The minimum Gasteiger partial charge on any atom is -0.398 e. The van der Waals surface area contributed by atoms with Crippen LogP contribution in [0.3, 0.4) is 0 Å². The summed E-state index contributed by atoms with van der Waals surface area (Å²) < 4.78 is 5.33. The van der Waals surface area contributed by atoms with Gasteiger partial charge in [-0.15, -0.1) is 0 Å². The summed E-state index contributed by atoms with van der Waals surface area (Å²) in [6.07, 6.45) is 1.21. The fourth-order valence-corrected chi connectivity index (χ4v) is 1.94. The van der Waals surface area contributed by atoms with E-state index in [1.165, 1.54) is 6.39 Å². The third-order valence-electron chi connectivity index (χ3n) is 2.47. The maximum absolute atomic E-state index is 12.0. The van der Waals surface area contributed by atoms with Gasteiger partial charge >= 0.3 is 0 Å². The van der Waals surface area contributed by atoms with Gasteiger partial charge in [0, 0.05) is 15.7 Å². The molecule has 0 saturated carbocycles. The normalized spacial score (nSPS) is 10.3. The van der Waals surface area contributed by atoms with Crippen molar-refractivity contribution in [3.8, 4) is 0 Å². The smallest absolute Gasteiger partial charge is 0.252 e. The molecule has 0 atom stereocenters. The molecule has 0 spiro atoms. The van der Waals surface area contributed by atoms with Gasteiger partial charge in [-0.1, -0.05) is 21.1 Å². The molecule has 0 saturated heterocycles. The van der Waals surface area contributed by atoms with E-state index in [0.717, 1.165) is 10.0 Å². The molecule has 0 fully saturated rings. The molecule has 0 aliphatic heterocycles. The SMILES string of the molecule is Cc1c(N)cc(Br)cc1C(=O)NCc1ncon1. The van der Waals surface area contributed by atoms with Crippen molar-refractivity contribution in [1.29, 1.82) is 0 Å². The summed E-state index contributed by atoms with van der Waals surface area (Å²) in [5.74, 6) is 0.189. The van der Waals surface area contributed by atoms with Crippen LogP contribution in [-0.2, 0) is 6.54 Å². The van der Waals surface area contributed by atoms with E-state index in [9.17, 15) is 4.79 Å². The Morgan fingerprint density at radius 1 is 1.56 bits per heavy atom. The van der Waals surface area contributed by atoms with Gasteiger partial charge in [-0.2, -0.15) is 4.98 Å². The number of benzene rings is 1. The second-order valence-corrected chi connectivity index (χ2v) is 4.61. The van der Waals surface area contributed by atoms with Crippen molar-refractivity contribution in [1.82, 2.24) is 15.5 Å². The van der Waals surface area contributed by atoms with Crippen LogP contribution >= 0.6 is 15.9 Å². The Balaban J connectivity index is 2.14. The lowest BCUT2D eigenvalue weighted by Crippen LogP contribution is -2.24. The Kier molecular flexibility index (Phi) is 3.61. The van der Waals surface area contributed by atoms with E-state index >= 15 is 0 Å². The minimum atomic E-state index is -0.231. The summed E-state index contributed by atoms with van der Waals surface area (Å²) in [4.78, 5) is 15.8. The molecule has 3 N–H and O–H groups in total. The zero-order valence-electron chi connectivity index (χ0n) is 9.61. The van der Waals surface area contributed by atoms with Crippen molar-refractivity contribution in [3.05, 3.63) is 40.0 Å². The summed E-state index contributed by atoms with van der Waals surface area (Å²) >= 11 is 3.31. The highest BCUT2D eigenvalue weighted by Gasteiger charge is 2.12. The number of amides is 1. The van der Waals surface area contributed by atoms with E-state index < -0.39 is 0 Å². The lowest BCUT2D eigenvalue weighted by atomic mass is 10.1. The van der Waals surface area contributed by atoms with Crippen molar-refractivity contribution in [2.24, 2.45) is 0 Å². The fourth-order valence-electron chi connectivity index (χ4n) is 1.46. The lowest BCUT2D eigenvalue weighted by Gasteiger charge is -2.09. The summed E-state index contributed by atoms with van der Waals surface area (Å²) in [6, 6.07) is 3.47. The molecule has 1 aromatic heterocycles. The Morgan fingerprint density at radius 3 is 3.00 bits per heavy atom. The third kappa shape index (κ3) is 2.67. The highest BCUT2D eigenvalue weighted by atomic mass is 79.9. The Hall–Kier alpha value is -1.89. The molecule has 6 nitrogen and oxygen atoms in total. The molecule has 2 aromatic rings. The average Bonchev–Trinajstić information content (AvgIpc) is 2.83. The lowest BCUT2D eigenvalue weighted by molar-refractivity contribution is 0.0949. The molecule has 18 heavy (non-hydrogen) atoms. The van der Waals surface area contributed by atoms with Crippen LogP contribution in [0.5, 0.6) is 0 Å². The van der Waals surface area contributed by atoms with E-state index in [-0.39, 0.29) is 12.5 Å². The predicted octanol–water partition coefficient (Wildman–Crippen LogP) is 1.65. The molecule has 0 unspecified atom stereocenters. The highest BCUT2D eigenvalue weighted by Crippen LogP contribution is 2.22. The predicted molar refractivity (Wildman–Crippen MR) is 68.8 cm³/mol. The summed E-state index contributed by atoms with van der Waals surface area (Å²) in [6.45, 7) is 2.01. The van der Waals surface area contributed by atoms with Gasteiger partial charge in [0.2, 0.25) is 6.39 Å². The van der Waals surface area contributed by atoms with Gasteiger partial charge in [-0.25, -0.2) is 0 Å². The van der Waals surface area contributed by atoms with E-state index in [4.69, 9.17) is 5.73 Å². The van der Waals surface area contributed by atoms with E-state index in [1.807, 2.05) is 0 Å². The van der Waals surface area contributed by atoms with Crippen LogP contribution in [0.25, 0.3) is 0 Å². The standard InChI is InChI=1S/C11H11BrN4O2/c1-6-8(2-7(12)3-9(6)13)11(17)14-4-10-15-5-18-16-10/h2-3,5H,4,13H2,1H3,(H,14,17). The first-order chi connectivity index (χ1) is 8.58. The molecular weight excluding hydrogens is 300 g/mol. The first kappa shape index (κ1) is 12.6. The molecule has 94 valence electrons. The van der Waals surface area contributed by atoms with Crippen LogP contribution in [0.2, 0.25) is 0 Å². The number of aromatic nitrogens is 2. The third-order valence-corrected chi connectivity index (χ3v) is 2.93. The molecule has 1 amide bonds. The van der Waals surface area contributed by atoms with Gasteiger partial charge in [0.1, 0.15) is 0 Å². The number of nitrogen functional groups attached to an aromatic ring is 1.